The van der Waals surface area contributed by atoms with Crippen molar-refractivity contribution in [2.75, 3.05) is 13.1 Å². The Morgan fingerprint density at radius 1 is 1.32 bits per heavy atom. The van der Waals surface area contributed by atoms with Crippen LogP contribution in [0.2, 0.25) is 0 Å². The number of likely N-dealkylation sites (tertiary alicyclic amines) is 1. The molecule has 3 rings (SSSR count). The third kappa shape index (κ3) is 3.40. The molecule has 0 saturated carbocycles. The van der Waals surface area contributed by atoms with E-state index >= 15 is 0 Å². The van der Waals surface area contributed by atoms with Crippen molar-refractivity contribution in [2.24, 2.45) is 11.8 Å². The van der Waals surface area contributed by atoms with Crippen molar-refractivity contribution in [3.8, 4) is 5.82 Å². The molecule has 7 heteroatoms. The lowest BCUT2D eigenvalue weighted by molar-refractivity contribution is -0.143. The average molecular weight is 342 g/mol. The van der Waals surface area contributed by atoms with Crippen molar-refractivity contribution >= 4 is 11.9 Å². The molecule has 1 saturated heterocycles. The summed E-state index contributed by atoms with van der Waals surface area (Å²) in [4.78, 5) is 30.3. The molecule has 7 nitrogen and oxygen atoms in total. The highest BCUT2D eigenvalue weighted by molar-refractivity contribution is 5.95. The van der Waals surface area contributed by atoms with Crippen LogP contribution in [0.4, 0.5) is 0 Å². The monoisotopic (exact) mass is 342 g/mol. The number of amides is 1. The number of hydrogen-bond acceptors (Lipinski definition) is 4. The van der Waals surface area contributed by atoms with E-state index in [0.717, 1.165) is 5.69 Å². The van der Waals surface area contributed by atoms with Gasteiger partial charge in [-0.2, -0.15) is 5.10 Å². The van der Waals surface area contributed by atoms with Gasteiger partial charge in [0, 0.05) is 19.3 Å². The Hall–Kier alpha value is -2.70. The third-order valence-electron chi connectivity index (χ3n) is 4.60. The molecule has 2 atom stereocenters. The number of piperidine rings is 1. The van der Waals surface area contributed by atoms with E-state index in [9.17, 15) is 14.7 Å². The summed E-state index contributed by atoms with van der Waals surface area (Å²) in [5.74, 6) is -0.687. The summed E-state index contributed by atoms with van der Waals surface area (Å²) in [6.07, 6.45) is 4.48. The number of carboxylic acids is 1. The summed E-state index contributed by atoms with van der Waals surface area (Å²) >= 11 is 0. The van der Waals surface area contributed by atoms with Gasteiger partial charge < -0.3 is 10.0 Å². The Bertz CT molecular complexity index is 772. The third-order valence-corrected chi connectivity index (χ3v) is 4.60. The van der Waals surface area contributed by atoms with E-state index in [1.54, 1.807) is 22.0 Å². The van der Waals surface area contributed by atoms with Gasteiger partial charge >= 0.3 is 5.97 Å². The molecule has 1 fully saturated rings. The molecule has 25 heavy (non-hydrogen) atoms. The van der Waals surface area contributed by atoms with Gasteiger partial charge in [0.05, 0.1) is 23.4 Å². The van der Waals surface area contributed by atoms with Crippen molar-refractivity contribution in [1.29, 1.82) is 0 Å². The molecule has 3 heterocycles. The van der Waals surface area contributed by atoms with Crippen LogP contribution in [-0.4, -0.2) is 49.7 Å². The zero-order valence-corrected chi connectivity index (χ0v) is 14.4. The maximum absolute atomic E-state index is 13.0. The second-order valence-electron chi connectivity index (χ2n) is 6.54. The summed E-state index contributed by atoms with van der Waals surface area (Å²) < 4.78 is 1.68. The van der Waals surface area contributed by atoms with Crippen LogP contribution in [0, 0.1) is 11.8 Å². The molecular weight excluding hydrogens is 320 g/mol. The van der Waals surface area contributed by atoms with Crippen molar-refractivity contribution in [3.63, 3.8) is 0 Å². The summed E-state index contributed by atoms with van der Waals surface area (Å²) in [6, 6.07) is 5.53. The molecule has 2 unspecified atom stereocenters. The smallest absolute Gasteiger partial charge is 0.308 e. The minimum Gasteiger partial charge on any atom is -0.481 e. The number of carbonyl (C=O) groups is 2. The Morgan fingerprint density at radius 3 is 2.76 bits per heavy atom. The Morgan fingerprint density at radius 2 is 2.12 bits per heavy atom. The standard InChI is InChI=1S/C18H22N4O3/c1-3-15-14(9-20-22(15)16-6-4-5-7-19-16)17(23)21-10-12(2)8-13(11-21)18(24)25/h4-7,9,12-13H,3,8,10-11H2,1-2H3,(H,24,25). The van der Waals surface area contributed by atoms with Gasteiger partial charge in [0.1, 0.15) is 0 Å². The first-order valence-electron chi connectivity index (χ1n) is 8.51. The first-order chi connectivity index (χ1) is 12.0. The van der Waals surface area contributed by atoms with E-state index in [-0.39, 0.29) is 18.4 Å². The van der Waals surface area contributed by atoms with E-state index in [1.807, 2.05) is 32.0 Å². The lowest BCUT2D eigenvalue weighted by Crippen LogP contribution is -2.45. The predicted molar refractivity (Wildman–Crippen MR) is 91.5 cm³/mol. The molecule has 1 aliphatic heterocycles. The van der Waals surface area contributed by atoms with Crippen LogP contribution in [0.15, 0.2) is 30.6 Å². The normalized spacial score (nSPS) is 20.5. The summed E-state index contributed by atoms with van der Waals surface area (Å²) in [5, 5.41) is 13.7. The number of nitrogens with zero attached hydrogens (tertiary/aromatic N) is 4. The minimum absolute atomic E-state index is 0.156. The molecule has 0 aromatic carbocycles. The molecule has 2 aromatic heterocycles. The number of carboxylic acid groups (broad SMARTS) is 1. The minimum atomic E-state index is -0.843. The SMILES string of the molecule is CCc1c(C(=O)N2CC(C)CC(C(=O)O)C2)cnn1-c1ccccn1. The van der Waals surface area contributed by atoms with Gasteiger partial charge in [0.15, 0.2) is 5.82 Å². The van der Waals surface area contributed by atoms with Gasteiger partial charge in [-0.05, 0) is 30.9 Å². The van der Waals surface area contributed by atoms with Gasteiger partial charge in [-0.1, -0.05) is 19.9 Å². The molecule has 0 radical (unpaired) electrons. The second kappa shape index (κ2) is 7.04. The molecule has 1 aliphatic rings. The zero-order valence-electron chi connectivity index (χ0n) is 14.4. The molecule has 1 amide bonds. The number of aliphatic carboxylic acids is 1. The number of rotatable bonds is 4. The summed E-state index contributed by atoms with van der Waals surface area (Å²) in [5.41, 5.74) is 1.31. The number of hydrogen-bond donors (Lipinski definition) is 1. The maximum Gasteiger partial charge on any atom is 0.308 e. The van der Waals surface area contributed by atoms with Crippen LogP contribution in [0.1, 0.15) is 36.3 Å². The van der Waals surface area contributed by atoms with Crippen LogP contribution in [-0.2, 0) is 11.2 Å². The first-order valence-corrected chi connectivity index (χ1v) is 8.51. The fourth-order valence-corrected chi connectivity index (χ4v) is 3.44. The molecule has 0 spiro atoms. The highest BCUT2D eigenvalue weighted by Crippen LogP contribution is 2.25. The van der Waals surface area contributed by atoms with Crippen LogP contribution in [0.3, 0.4) is 0 Å². The summed E-state index contributed by atoms with van der Waals surface area (Å²) in [7, 11) is 0. The molecule has 2 aromatic rings. The van der Waals surface area contributed by atoms with E-state index in [0.29, 0.717) is 30.8 Å². The van der Waals surface area contributed by atoms with Crippen molar-refractivity contribution in [3.05, 3.63) is 41.9 Å². The summed E-state index contributed by atoms with van der Waals surface area (Å²) in [6.45, 7) is 4.76. The van der Waals surface area contributed by atoms with Crippen molar-refractivity contribution < 1.29 is 14.7 Å². The number of pyridine rings is 1. The molecule has 0 aliphatic carbocycles. The van der Waals surface area contributed by atoms with E-state index in [2.05, 4.69) is 10.1 Å². The number of carbonyl (C=O) groups excluding carboxylic acids is 1. The predicted octanol–water partition coefficient (Wildman–Crippen LogP) is 2.01. The van der Waals surface area contributed by atoms with Gasteiger partial charge in [0.2, 0.25) is 0 Å². The highest BCUT2D eigenvalue weighted by Gasteiger charge is 2.33. The second-order valence-corrected chi connectivity index (χ2v) is 6.54. The Balaban J connectivity index is 1.90. The van der Waals surface area contributed by atoms with Gasteiger partial charge in [-0.3, -0.25) is 9.59 Å². The van der Waals surface area contributed by atoms with Crippen LogP contribution in [0.5, 0.6) is 0 Å². The average Bonchev–Trinajstić information content (AvgIpc) is 3.05. The lowest BCUT2D eigenvalue weighted by Gasteiger charge is -2.34. The molecule has 0 bridgehead atoms. The van der Waals surface area contributed by atoms with E-state index in [1.165, 1.54) is 0 Å². The van der Waals surface area contributed by atoms with Gasteiger partial charge in [0.25, 0.3) is 5.91 Å². The van der Waals surface area contributed by atoms with Crippen molar-refractivity contribution in [1.82, 2.24) is 19.7 Å². The number of aromatic nitrogens is 3. The zero-order chi connectivity index (χ0) is 18.0. The van der Waals surface area contributed by atoms with Crippen molar-refractivity contribution in [2.45, 2.75) is 26.7 Å². The highest BCUT2D eigenvalue weighted by atomic mass is 16.4. The first kappa shape index (κ1) is 17.1. The maximum atomic E-state index is 13.0. The quantitative estimate of drug-likeness (QED) is 0.918. The molecule has 1 N–H and O–H groups in total. The molecule has 132 valence electrons. The largest absolute Gasteiger partial charge is 0.481 e. The van der Waals surface area contributed by atoms with Crippen LogP contribution < -0.4 is 0 Å². The Kier molecular flexibility index (Phi) is 4.83. The van der Waals surface area contributed by atoms with Crippen LogP contribution in [0.25, 0.3) is 5.82 Å². The fraction of sp³-hybridized carbons (Fsp3) is 0.444. The fourth-order valence-electron chi connectivity index (χ4n) is 3.44. The van der Waals surface area contributed by atoms with E-state index < -0.39 is 11.9 Å². The van der Waals surface area contributed by atoms with Gasteiger partial charge in [-0.25, -0.2) is 9.67 Å². The van der Waals surface area contributed by atoms with Gasteiger partial charge in [-0.15, -0.1) is 0 Å². The lowest BCUT2D eigenvalue weighted by atomic mass is 9.90. The van der Waals surface area contributed by atoms with E-state index in [4.69, 9.17) is 0 Å². The molecular formula is C18H22N4O3. The topological polar surface area (TPSA) is 88.3 Å². The van der Waals surface area contributed by atoms with Crippen LogP contribution >= 0.6 is 0 Å². The Labute approximate surface area is 146 Å².